The van der Waals surface area contributed by atoms with Gasteiger partial charge in [-0.05, 0) is 35.9 Å². The quantitative estimate of drug-likeness (QED) is 0.786. The summed E-state index contributed by atoms with van der Waals surface area (Å²) in [4.78, 5) is 16.0. The molecule has 0 atom stereocenters. The highest BCUT2D eigenvalue weighted by Crippen LogP contribution is 2.22. The predicted octanol–water partition coefficient (Wildman–Crippen LogP) is 3.71. The second kappa shape index (κ2) is 6.44. The Bertz CT molecular complexity index is 904. The Morgan fingerprint density at radius 3 is 2.39 bits per heavy atom. The van der Waals surface area contributed by atoms with Gasteiger partial charge in [-0.15, -0.1) is 0 Å². The third-order valence-corrected chi connectivity index (χ3v) is 4.14. The summed E-state index contributed by atoms with van der Waals surface area (Å²) < 4.78 is 1.36. The zero-order valence-corrected chi connectivity index (χ0v) is 13.6. The lowest BCUT2D eigenvalue weighted by Crippen LogP contribution is -2.25. The highest BCUT2D eigenvalue weighted by molar-refractivity contribution is 6.31. The van der Waals surface area contributed by atoms with Crippen LogP contribution in [0.3, 0.4) is 0 Å². The van der Waals surface area contributed by atoms with E-state index < -0.39 is 5.69 Å². The minimum Gasteiger partial charge on any atom is -0.384 e. The molecule has 23 heavy (non-hydrogen) atoms. The van der Waals surface area contributed by atoms with Crippen LogP contribution in [-0.4, -0.2) is 9.55 Å². The Morgan fingerprint density at radius 1 is 1.00 bits per heavy atom. The van der Waals surface area contributed by atoms with Gasteiger partial charge in [0.05, 0.1) is 5.69 Å². The fraction of sp³-hybridized carbons (Fsp3) is 0.0588. The van der Waals surface area contributed by atoms with E-state index in [9.17, 15) is 4.79 Å². The molecule has 0 amide bonds. The Labute approximate surface area is 143 Å². The maximum atomic E-state index is 12.1. The first-order valence-corrected chi connectivity index (χ1v) is 7.67. The van der Waals surface area contributed by atoms with Gasteiger partial charge in [-0.25, -0.2) is 14.3 Å². The largest absolute Gasteiger partial charge is 0.384 e. The molecule has 6 heteroatoms. The Hall–Kier alpha value is -2.30. The van der Waals surface area contributed by atoms with E-state index in [1.165, 1.54) is 10.8 Å². The zero-order chi connectivity index (χ0) is 16.4. The van der Waals surface area contributed by atoms with Crippen molar-refractivity contribution in [2.75, 3.05) is 5.73 Å². The minimum atomic E-state index is -0.437. The maximum absolute atomic E-state index is 12.1. The van der Waals surface area contributed by atoms with E-state index in [1.807, 2.05) is 24.3 Å². The second-order valence-corrected chi connectivity index (χ2v) is 5.87. The van der Waals surface area contributed by atoms with Crippen molar-refractivity contribution in [3.05, 3.63) is 86.4 Å². The molecule has 1 aromatic heterocycles. The lowest BCUT2D eigenvalue weighted by Gasteiger charge is -2.13. The summed E-state index contributed by atoms with van der Waals surface area (Å²) in [5, 5.41) is 1.23. The van der Waals surface area contributed by atoms with E-state index in [1.54, 1.807) is 24.3 Å². The molecule has 0 bridgehead atoms. The summed E-state index contributed by atoms with van der Waals surface area (Å²) in [6.45, 7) is 0. The van der Waals surface area contributed by atoms with Crippen molar-refractivity contribution in [3.8, 4) is 5.69 Å². The minimum absolute atomic E-state index is 0.340. The number of anilines is 1. The average molecular weight is 346 g/mol. The van der Waals surface area contributed by atoms with Crippen LogP contribution in [0.2, 0.25) is 10.0 Å². The van der Waals surface area contributed by atoms with Crippen LogP contribution in [-0.2, 0) is 6.42 Å². The molecule has 0 fully saturated rings. The van der Waals surface area contributed by atoms with E-state index >= 15 is 0 Å². The summed E-state index contributed by atoms with van der Waals surface area (Å²) in [5.41, 5.74) is 8.03. The highest BCUT2D eigenvalue weighted by Gasteiger charge is 2.12. The Balaban J connectivity index is 2.07. The van der Waals surface area contributed by atoms with Crippen molar-refractivity contribution in [2.45, 2.75) is 6.42 Å². The molecule has 0 spiro atoms. The molecule has 1 heterocycles. The summed E-state index contributed by atoms with van der Waals surface area (Å²) in [7, 11) is 0. The van der Waals surface area contributed by atoms with E-state index in [0.29, 0.717) is 28.0 Å². The number of hydrogen-bond acceptors (Lipinski definition) is 3. The third-order valence-electron chi connectivity index (χ3n) is 3.52. The molecule has 0 aliphatic rings. The molecule has 2 aromatic carbocycles. The van der Waals surface area contributed by atoms with Crippen molar-refractivity contribution < 1.29 is 0 Å². The molecular formula is C17H13Cl2N3O. The van der Waals surface area contributed by atoms with Gasteiger partial charge in [0.1, 0.15) is 5.82 Å². The summed E-state index contributed by atoms with van der Waals surface area (Å²) in [6.07, 6.45) is 1.99. The number of halogens is 2. The van der Waals surface area contributed by atoms with Crippen LogP contribution in [0.15, 0.2) is 59.5 Å². The monoisotopic (exact) mass is 345 g/mol. The van der Waals surface area contributed by atoms with Gasteiger partial charge < -0.3 is 5.73 Å². The first kappa shape index (κ1) is 15.6. The number of hydrogen-bond donors (Lipinski definition) is 1. The predicted molar refractivity (Wildman–Crippen MR) is 93.5 cm³/mol. The lowest BCUT2D eigenvalue weighted by atomic mass is 10.1. The van der Waals surface area contributed by atoms with Crippen molar-refractivity contribution in [1.29, 1.82) is 0 Å². The normalized spacial score (nSPS) is 10.7. The number of rotatable bonds is 3. The van der Waals surface area contributed by atoms with Crippen LogP contribution < -0.4 is 11.4 Å². The van der Waals surface area contributed by atoms with Crippen LogP contribution in [0.5, 0.6) is 0 Å². The van der Waals surface area contributed by atoms with Crippen molar-refractivity contribution in [3.63, 3.8) is 0 Å². The van der Waals surface area contributed by atoms with Crippen LogP contribution in [0.4, 0.5) is 5.82 Å². The molecule has 0 aliphatic heterocycles. The number of nitrogens with two attached hydrogens (primary N) is 1. The van der Waals surface area contributed by atoms with Crippen LogP contribution in [0, 0.1) is 0 Å². The van der Waals surface area contributed by atoms with Gasteiger partial charge in [-0.2, -0.15) is 0 Å². The van der Waals surface area contributed by atoms with Gasteiger partial charge in [0.15, 0.2) is 0 Å². The fourth-order valence-corrected chi connectivity index (χ4v) is 2.66. The third kappa shape index (κ3) is 3.23. The maximum Gasteiger partial charge on any atom is 0.353 e. The number of benzene rings is 2. The first-order valence-electron chi connectivity index (χ1n) is 6.92. The standard InChI is InChI=1S/C17H13Cl2N3O/c18-13-5-7-14(8-6-13)22-16(20)12(10-21-17(22)23)9-11-3-1-2-4-15(11)19/h1-8,10H,9,20H2. The van der Waals surface area contributed by atoms with Crippen LogP contribution >= 0.6 is 23.2 Å². The highest BCUT2D eigenvalue weighted by atomic mass is 35.5. The van der Waals surface area contributed by atoms with Gasteiger partial charge in [0.2, 0.25) is 0 Å². The van der Waals surface area contributed by atoms with Crippen molar-refractivity contribution in [2.24, 2.45) is 0 Å². The molecule has 0 unspecified atom stereocenters. The number of nitrogen functional groups attached to an aromatic ring is 1. The van der Waals surface area contributed by atoms with Crippen LogP contribution in [0.25, 0.3) is 5.69 Å². The molecule has 116 valence electrons. The van der Waals surface area contributed by atoms with Crippen molar-refractivity contribution >= 4 is 29.0 Å². The molecule has 0 saturated carbocycles. The first-order chi connectivity index (χ1) is 11.1. The van der Waals surface area contributed by atoms with Gasteiger partial charge >= 0.3 is 5.69 Å². The lowest BCUT2D eigenvalue weighted by molar-refractivity contribution is 0.902. The van der Waals surface area contributed by atoms with E-state index in [4.69, 9.17) is 28.9 Å². The van der Waals surface area contributed by atoms with Crippen molar-refractivity contribution in [1.82, 2.24) is 9.55 Å². The fourth-order valence-electron chi connectivity index (χ4n) is 2.33. The molecular weight excluding hydrogens is 333 g/mol. The molecule has 0 aliphatic carbocycles. The van der Waals surface area contributed by atoms with E-state index in [-0.39, 0.29) is 0 Å². The summed E-state index contributed by atoms with van der Waals surface area (Å²) >= 11 is 12.1. The van der Waals surface area contributed by atoms with Crippen LogP contribution in [0.1, 0.15) is 11.1 Å². The summed E-state index contributed by atoms with van der Waals surface area (Å²) in [6, 6.07) is 14.3. The molecule has 3 aromatic rings. The van der Waals surface area contributed by atoms with Gasteiger partial charge in [0.25, 0.3) is 0 Å². The van der Waals surface area contributed by atoms with Gasteiger partial charge in [0, 0.05) is 28.2 Å². The molecule has 0 radical (unpaired) electrons. The Kier molecular flexibility index (Phi) is 4.37. The molecule has 0 saturated heterocycles. The molecule has 4 nitrogen and oxygen atoms in total. The topological polar surface area (TPSA) is 60.9 Å². The van der Waals surface area contributed by atoms with Gasteiger partial charge in [-0.1, -0.05) is 41.4 Å². The van der Waals surface area contributed by atoms with Gasteiger partial charge in [-0.3, -0.25) is 0 Å². The second-order valence-electron chi connectivity index (χ2n) is 5.03. The smallest absolute Gasteiger partial charge is 0.353 e. The van der Waals surface area contributed by atoms with E-state index in [0.717, 1.165) is 11.1 Å². The SMILES string of the molecule is Nc1c(Cc2ccccc2Cl)cnc(=O)n1-c1ccc(Cl)cc1. The number of aromatic nitrogens is 2. The van der Waals surface area contributed by atoms with E-state index in [2.05, 4.69) is 4.98 Å². The number of nitrogens with zero attached hydrogens (tertiary/aromatic N) is 2. The average Bonchev–Trinajstić information content (AvgIpc) is 2.54. The Morgan fingerprint density at radius 2 is 1.70 bits per heavy atom. The molecule has 2 N–H and O–H groups in total. The molecule has 3 rings (SSSR count). The summed E-state index contributed by atoms with van der Waals surface area (Å²) in [5.74, 6) is 0.340. The zero-order valence-electron chi connectivity index (χ0n) is 12.0.